The predicted octanol–water partition coefficient (Wildman–Crippen LogP) is 2.60. The third-order valence-electron chi connectivity index (χ3n) is 6.69. The van der Waals surface area contributed by atoms with Gasteiger partial charge in [-0.05, 0) is 62.2 Å². The Hall–Kier alpha value is -3.50. The molecule has 1 saturated heterocycles. The van der Waals surface area contributed by atoms with Crippen LogP contribution in [-0.2, 0) is 4.74 Å². The lowest BCUT2D eigenvalue weighted by molar-refractivity contribution is -0.385. The van der Waals surface area contributed by atoms with Gasteiger partial charge in [0.2, 0.25) is 0 Å². The van der Waals surface area contributed by atoms with Crippen molar-refractivity contribution in [3.63, 3.8) is 0 Å². The standard InChI is InChI=1S/C27H33FN4O5/c1-18-4-5-19-15-25(30-8-10-37-11-9-30)24(14-21(19)17-31(18)7-6-27(2,3)34)29-26(33)20-12-22(28)16-23(13-20)32(35)36/h5,12-18,34H,4,6-11H2,1-3H3,(H,29,33). The average Bonchev–Trinajstić information content (AvgIpc) is 3.00. The molecule has 198 valence electrons. The molecule has 0 saturated carbocycles. The molecule has 0 spiro atoms. The number of benzene rings is 2. The van der Waals surface area contributed by atoms with Crippen LogP contribution in [0.15, 0.2) is 30.3 Å². The lowest BCUT2D eigenvalue weighted by atomic mass is 10.0. The topological polar surface area (TPSA) is 108 Å². The first-order valence-corrected chi connectivity index (χ1v) is 12.4. The number of anilines is 2. The Morgan fingerprint density at radius 2 is 1.95 bits per heavy atom. The van der Waals surface area contributed by atoms with E-state index in [-0.39, 0.29) is 11.6 Å². The van der Waals surface area contributed by atoms with E-state index >= 15 is 0 Å². The summed E-state index contributed by atoms with van der Waals surface area (Å²) < 4.78 is 19.5. The van der Waals surface area contributed by atoms with Crippen molar-refractivity contribution in [1.29, 1.82) is 0 Å². The van der Waals surface area contributed by atoms with Crippen molar-refractivity contribution in [1.82, 2.24) is 4.90 Å². The van der Waals surface area contributed by atoms with Crippen LogP contribution < -0.4 is 20.7 Å². The van der Waals surface area contributed by atoms with Crippen LogP contribution in [0, 0.1) is 15.9 Å². The van der Waals surface area contributed by atoms with Crippen LogP contribution in [0.1, 0.15) is 44.0 Å². The van der Waals surface area contributed by atoms with Gasteiger partial charge in [0, 0.05) is 43.5 Å². The molecule has 4 rings (SSSR count). The fourth-order valence-corrected chi connectivity index (χ4v) is 4.51. The van der Waals surface area contributed by atoms with Crippen molar-refractivity contribution in [2.45, 2.75) is 45.3 Å². The van der Waals surface area contributed by atoms with Gasteiger partial charge in [0.05, 0.1) is 41.2 Å². The highest BCUT2D eigenvalue weighted by Crippen LogP contribution is 2.26. The van der Waals surface area contributed by atoms with Gasteiger partial charge in [-0.25, -0.2) is 4.39 Å². The highest BCUT2D eigenvalue weighted by Gasteiger charge is 2.22. The van der Waals surface area contributed by atoms with Crippen molar-refractivity contribution in [3.05, 3.63) is 62.3 Å². The number of morpholine rings is 1. The minimum absolute atomic E-state index is 0.134. The Labute approximate surface area is 215 Å². The molecule has 2 N–H and O–H groups in total. The molecule has 0 aliphatic carbocycles. The number of carbonyl (C=O) groups is 1. The number of nitrogens with zero attached hydrogens (tertiary/aromatic N) is 3. The van der Waals surface area contributed by atoms with Crippen molar-refractivity contribution >= 4 is 35.2 Å². The number of nitrogens with one attached hydrogen (secondary N) is 1. The van der Waals surface area contributed by atoms with E-state index in [1.165, 1.54) is 0 Å². The van der Waals surface area contributed by atoms with Gasteiger partial charge in [0.25, 0.3) is 11.6 Å². The number of nitro benzene ring substituents is 1. The van der Waals surface area contributed by atoms with Crippen molar-refractivity contribution in [3.8, 4) is 0 Å². The van der Waals surface area contributed by atoms with E-state index in [4.69, 9.17) is 4.74 Å². The lowest BCUT2D eigenvalue weighted by Gasteiger charge is -2.31. The van der Waals surface area contributed by atoms with E-state index in [1.807, 2.05) is 18.3 Å². The number of hydrogen-bond donors (Lipinski definition) is 2. The summed E-state index contributed by atoms with van der Waals surface area (Å²) in [4.78, 5) is 27.9. The van der Waals surface area contributed by atoms with Gasteiger partial charge in [-0.15, -0.1) is 0 Å². The predicted molar refractivity (Wildman–Crippen MR) is 140 cm³/mol. The van der Waals surface area contributed by atoms with E-state index in [0.717, 1.165) is 40.7 Å². The number of carbonyl (C=O) groups excluding carboxylic acids is 1. The fraction of sp³-hybridized carbons (Fsp3) is 0.444. The van der Waals surface area contributed by atoms with Crippen LogP contribution >= 0.6 is 0 Å². The first kappa shape index (κ1) is 26.6. The van der Waals surface area contributed by atoms with E-state index in [1.54, 1.807) is 13.8 Å². The molecule has 2 aromatic rings. The van der Waals surface area contributed by atoms with Gasteiger partial charge in [0.15, 0.2) is 0 Å². The van der Waals surface area contributed by atoms with Crippen molar-refractivity contribution in [2.75, 3.05) is 43.1 Å². The van der Waals surface area contributed by atoms with Crippen LogP contribution in [0.25, 0.3) is 12.3 Å². The molecule has 0 aromatic heterocycles. The molecule has 2 aliphatic heterocycles. The summed E-state index contributed by atoms with van der Waals surface area (Å²) in [5.41, 5.74) is -0.0765. The maximum atomic E-state index is 14.0. The Bertz CT molecular complexity index is 1300. The Kier molecular flexibility index (Phi) is 7.79. The Morgan fingerprint density at radius 1 is 1.22 bits per heavy atom. The van der Waals surface area contributed by atoms with Gasteiger partial charge >= 0.3 is 0 Å². The highest BCUT2D eigenvalue weighted by molar-refractivity contribution is 6.06. The number of halogens is 1. The molecule has 1 amide bonds. The highest BCUT2D eigenvalue weighted by atomic mass is 19.1. The lowest BCUT2D eigenvalue weighted by Crippen LogP contribution is -2.39. The van der Waals surface area contributed by atoms with Crippen LogP contribution in [0.5, 0.6) is 0 Å². The number of fused-ring (bicyclic) bond motifs is 1. The maximum absolute atomic E-state index is 14.0. The molecule has 1 unspecified atom stereocenters. The third kappa shape index (κ3) is 6.64. The number of aliphatic hydroxyl groups is 1. The molecule has 2 aromatic carbocycles. The number of non-ortho nitro benzene ring substituents is 1. The number of rotatable bonds is 7. The van der Waals surface area contributed by atoms with Gasteiger partial charge in [-0.3, -0.25) is 14.9 Å². The zero-order chi connectivity index (χ0) is 26.7. The number of amides is 1. The van der Waals surface area contributed by atoms with Crippen LogP contribution in [0.2, 0.25) is 0 Å². The molecule has 1 fully saturated rings. The summed E-state index contributed by atoms with van der Waals surface area (Å²) in [6.07, 6.45) is 5.63. The quantitative estimate of drug-likeness (QED) is 0.434. The average molecular weight is 513 g/mol. The molecule has 0 bridgehead atoms. The summed E-state index contributed by atoms with van der Waals surface area (Å²) in [6, 6.07) is 6.97. The molecule has 2 aliphatic rings. The monoisotopic (exact) mass is 512 g/mol. The van der Waals surface area contributed by atoms with Crippen LogP contribution in [-0.4, -0.2) is 65.3 Å². The number of hydrogen-bond acceptors (Lipinski definition) is 7. The molecular weight excluding hydrogens is 479 g/mol. The van der Waals surface area contributed by atoms with Crippen LogP contribution in [0.4, 0.5) is 21.5 Å². The van der Waals surface area contributed by atoms with Gasteiger partial charge in [0.1, 0.15) is 5.82 Å². The Morgan fingerprint density at radius 3 is 2.62 bits per heavy atom. The summed E-state index contributed by atoms with van der Waals surface area (Å²) in [7, 11) is 0. The van der Waals surface area contributed by atoms with E-state index in [9.17, 15) is 24.4 Å². The molecule has 37 heavy (non-hydrogen) atoms. The summed E-state index contributed by atoms with van der Waals surface area (Å²) in [6.45, 7) is 8.76. The smallest absolute Gasteiger partial charge is 0.273 e. The zero-order valence-electron chi connectivity index (χ0n) is 21.4. The van der Waals surface area contributed by atoms with E-state index in [2.05, 4.69) is 28.1 Å². The summed E-state index contributed by atoms with van der Waals surface area (Å²) >= 11 is 0. The zero-order valence-corrected chi connectivity index (χ0v) is 21.4. The van der Waals surface area contributed by atoms with Gasteiger partial charge in [-0.2, -0.15) is 0 Å². The largest absolute Gasteiger partial charge is 0.390 e. The van der Waals surface area contributed by atoms with E-state index in [0.29, 0.717) is 45.0 Å². The molecule has 10 heteroatoms. The first-order valence-electron chi connectivity index (χ1n) is 12.4. The normalized spacial score (nSPS) is 17.8. The molecule has 1 atom stereocenters. The number of nitro groups is 1. The second-order valence-corrected chi connectivity index (χ2v) is 10.2. The second-order valence-electron chi connectivity index (χ2n) is 10.2. The second kappa shape index (κ2) is 10.9. The van der Waals surface area contributed by atoms with Gasteiger partial charge < -0.3 is 25.0 Å². The third-order valence-corrected chi connectivity index (χ3v) is 6.69. The van der Waals surface area contributed by atoms with Gasteiger partial charge in [-0.1, -0.05) is 6.08 Å². The molecule has 0 radical (unpaired) electrons. The maximum Gasteiger partial charge on any atom is 0.273 e. The first-order chi connectivity index (χ1) is 17.5. The number of ether oxygens (including phenoxy) is 1. The molecule has 9 nitrogen and oxygen atoms in total. The molecular formula is C27H33FN4O5. The molecule has 2 heterocycles. The summed E-state index contributed by atoms with van der Waals surface area (Å²) in [5.74, 6) is -1.49. The van der Waals surface area contributed by atoms with Crippen molar-refractivity contribution in [2.24, 2.45) is 0 Å². The fourth-order valence-electron chi connectivity index (χ4n) is 4.51. The minimum Gasteiger partial charge on any atom is -0.390 e. The Balaban J connectivity index is 1.75. The summed E-state index contributed by atoms with van der Waals surface area (Å²) in [5, 5.41) is 26.2. The van der Waals surface area contributed by atoms with Crippen molar-refractivity contribution < 1.29 is 24.0 Å². The van der Waals surface area contributed by atoms with Crippen LogP contribution in [0.3, 0.4) is 0 Å². The van der Waals surface area contributed by atoms with E-state index < -0.39 is 27.9 Å². The minimum atomic E-state index is -0.853. The SMILES string of the molecule is CC1CC=c2cc(N3CCOCC3)c(NC(=O)c3cc(F)cc([N+](=O)[O-])c3)cc2=CN1CCC(C)(C)O.